The van der Waals surface area contributed by atoms with Gasteiger partial charge in [-0.3, -0.25) is 0 Å². The molecule has 0 aliphatic carbocycles. The Hall–Kier alpha value is -1.25. The van der Waals surface area contributed by atoms with E-state index >= 15 is 0 Å². The molecule has 0 spiro atoms. The van der Waals surface area contributed by atoms with Gasteiger partial charge in [0.05, 0.1) is 18.5 Å². The maximum absolute atomic E-state index is 5.49. The first-order valence-corrected chi connectivity index (χ1v) is 6.19. The molecule has 0 fully saturated rings. The minimum Gasteiger partial charge on any atom is -0.478 e. The maximum atomic E-state index is 5.49. The number of anilines is 1. The summed E-state index contributed by atoms with van der Waals surface area (Å²) in [6, 6.07) is 3.94. The average Bonchev–Trinajstić information content (AvgIpc) is 2.32. The lowest BCUT2D eigenvalue weighted by atomic mass is 10.3. The zero-order valence-corrected chi connectivity index (χ0v) is 10.3. The van der Waals surface area contributed by atoms with Crippen LogP contribution in [-0.4, -0.2) is 18.1 Å². The van der Waals surface area contributed by atoms with E-state index in [1.54, 1.807) is 0 Å². The van der Waals surface area contributed by atoms with E-state index in [1.807, 2.05) is 18.3 Å². The van der Waals surface area contributed by atoms with Gasteiger partial charge in [0.15, 0.2) is 0 Å². The minimum atomic E-state index is 0.717. The van der Waals surface area contributed by atoms with Gasteiger partial charge in [-0.25, -0.2) is 4.98 Å². The van der Waals surface area contributed by atoms with E-state index in [4.69, 9.17) is 4.74 Å². The van der Waals surface area contributed by atoms with Crippen LogP contribution in [0.3, 0.4) is 0 Å². The summed E-state index contributed by atoms with van der Waals surface area (Å²) in [6.45, 7) is 6.10. The molecule has 1 N–H and O–H groups in total. The van der Waals surface area contributed by atoms with Crippen LogP contribution >= 0.6 is 0 Å². The van der Waals surface area contributed by atoms with Crippen molar-refractivity contribution in [2.45, 2.75) is 39.5 Å². The molecular weight excluding hydrogens is 200 g/mol. The molecule has 1 heterocycles. The van der Waals surface area contributed by atoms with Gasteiger partial charge in [-0.05, 0) is 18.9 Å². The number of hydrogen-bond acceptors (Lipinski definition) is 3. The fraction of sp³-hybridized carbons (Fsp3) is 0.615. The molecular formula is C13H22N2O. The molecule has 16 heavy (non-hydrogen) atoms. The summed E-state index contributed by atoms with van der Waals surface area (Å²) in [4.78, 5) is 4.24. The topological polar surface area (TPSA) is 34.1 Å². The highest BCUT2D eigenvalue weighted by atomic mass is 16.5. The summed E-state index contributed by atoms with van der Waals surface area (Å²) < 4.78 is 5.49. The summed E-state index contributed by atoms with van der Waals surface area (Å²) >= 11 is 0. The van der Waals surface area contributed by atoms with Crippen LogP contribution in [0.25, 0.3) is 0 Å². The predicted molar refractivity (Wildman–Crippen MR) is 68.0 cm³/mol. The van der Waals surface area contributed by atoms with Gasteiger partial charge < -0.3 is 10.1 Å². The number of unbranched alkanes of at least 4 members (excludes halogenated alkanes) is 2. The molecule has 3 nitrogen and oxygen atoms in total. The van der Waals surface area contributed by atoms with Gasteiger partial charge in [0.25, 0.3) is 0 Å². The lowest BCUT2D eigenvalue weighted by Crippen LogP contribution is -2.02. The summed E-state index contributed by atoms with van der Waals surface area (Å²) in [5, 5.41) is 3.32. The first kappa shape index (κ1) is 12.8. The van der Waals surface area contributed by atoms with Crippen molar-refractivity contribution in [1.29, 1.82) is 0 Å². The van der Waals surface area contributed by atoms with Crippen molar-refractivity contribution in [2.24, 2.45) is 0 Å². The molecule has 3 heteroatoms. The van der Waals surface area contributed by atoms with Crippen molar-refractivity contribution in [1.82, 2.24) is 4.98 Å². The van der Waals surface area contributed by atoms with Gasteiger partial charge in [-0.15, -0.1) is 0 Å². The molecule has 0 atom stereocenters. The fourth-order valence-corrected chi connectivity index (χ4v) is 1.30. The summed E-state index contributed by atoms with van der Waals surface area (Å²) in [5.74, 6) is 0.717. The number of pyridine rings is 1. The zero-order chi connectivity index (χ0) is 11.6. The number of nitrogens with one attached hydrogen (secondary N) is 1. The Morgan fingerprint density at radius 3 is 2.62 bits per heavy atom. The van der Waals surface area contributed by atoms with Crippen molar-refractivity contribution in [2.75, 3.05) is 18.5 Å². The zero-order valence-electron chi connectivity index (χ0n) is 10.3. The fourth-order valence-electron chi connectivity index (χ4n) is 1.30. The number of hydrogen-bond donors (Lipinski definition) is 1. The molecule has 0 amide bonds. The maximum Gasteiger partial charge on any atom is 0.213 e. The quantitative estimate of drug-likeness (QED) is 0.684. The van der Waals surface area contributed by atoms with Crippen LogP contribution in [0.15, 0.2) is 18.3 Å². The molecule has 0 aromatic carbocycles. The van der Waals surface area contributed by atoms with Crippen LogP contribution < -0.4 is 10.1 Å². The van der Waals surface area contributed by atoms with Crippen LogP contribution in [0.4, 0.5) is 5.69 Å². The van der Waals surface area contributed by atoms with Crippen molar-refractivity contribution in [3.05, 3.63) is 18.3 Å². The Morgan fingerprint density at radius 2 is 2.00 bits per heavy atom. The lowest BCUT2D eigenvalue weighted by Gasteiger charge is -2.07. The summed E-state index contributed by atoms with van der Waals surface area (Å²) in [7, 11) is 0. The second-order valence-corrected chi connectivity index (χ2v) is 3.87. The summed E-state index contributed by atoms with van der Waals surface area (Å²) in [6.07, 6.45) is 6.46. The third kappa shape index (κ3) is 5.01. The number of ether oxygens (including phenoxy) is 1. The molecule has 0 saturated carbocycles. The number of rotatable bonds is 8. The molecule has 0 aliphatic rings. The third-order valence-electron chi connectivity index (χ3n) is 2.34. The third-order valence-corrected chi connectivity index (χ3v) is 2.34. The molecule has 0 aliphatic heterocycles. The standard InChI is InChI=1S/C13H22N2O/c1-3-5-9-14-12-7-8-13(15-11-12)16-10-6-4-2/h7-8,11,14H,3-6,9-10H2,1-2H3. The second kappa shape index (κ2) is 7.97. The SMILES string of the molecule is CCCCNc1ccc(OCCCC)nc1. The smallest absolute Gasteiger partial charge is 0.213 e. The van der Waals surface area contributed by atoms with Crippen LogP contribution in [0, 0.1) is 0 Å². The predicted octanol–water partition coefficient (Wildman–Crippen LogP) is 3.47. The number of aromatic nitrogens is 1. The molecule has 0 saturated heterocycles. The Kier molecular flexibility index (Phi) is 6.38. The van der Waals surface area contributed by atoms with Crippen molar-refractivity contribution < 1.29 is 4.74 Å². The van der Waals surface area contributed by atoms with Gasteiger partial charge in [-0.1, -0.05) is 26.7 Å². The van der Waals surface area contributed by atoms with Crippen molar-refractivity contribution in [3.63, 3.8) is 0 Å². The average molecular weight is 222 g/mol. The Bertz CT molecular complexity index is 243. The van der Waals surface area contributed by atoms with E-state index < -0.39 is 0 Å². The van der Waals surface area contributed by atoms with Crippen LogP contribution in [0.1, 0.15) is 39.5 Å². The van der Waals surface area contributed by atoms with E-state index in [1.165, 1.54) is 12.8 Å². The lowest BCUT2D eigenvalue weighted by molar-refractivity contribution is 0.298. The summed E-state index contributed by atoms with van der Waals surface area (Å²) in [5.41, 5.74) is 1.07. The molecule has 90 valence electrons. The minimum absolute atomic E-state index is 0.717. The van der Waals surface area contributed by atoms with E-state index in [0.29, 0.717) is 0 Å². The van der Waals surface area contributed by atoms with Gasteiger partial charge in [0.2, 0.25) is 5.88 Å². The molecule has 1 aromatic heterocycles. The van der Waals surface area contributed by atoms with E-state index in [2.05, 4.69) is 24.1 Å². The molecule has 0 radical (unpaired) electrons. The Labute approximate surface area is 98.2 Å². The second-order valence-electron chi connectivity index (χ2n) is 3.87. The van der Waals surface area contributed by atoms with Gasteiger partial charge in [0, 0.05) is 12.6 Å². The highest BCUT2D eigenvalue weighted by Gasteiger charge is 1.96. The van der Waals surface area contributed by atoms with E-state index in [0.717, 1.165) is 37.6 Å². The van der Waals surface area contributed by atoms with Crippen molar-refractivity contribution in [3.8, 4) is 5.88 Å². The molecule has 0 bridgehead atoms. The van der Waals surface area contributed by atoms with Crippen LogP contribution in [0.5, 0.6) is 5.88 Å². The van der Waals surface area contributed by atoms with E-state index in [9.17, 15) is 0 Å². The molecule has 1 aromatic rings. The highest BCUT2D eigenvalue weighted by molar-refractivity contribution is 5.41. The normalized spacial score (nSPS) is 10.1. The van der Waals surface area contributed by atoms with Crippen LogP contribution in [-0.2, 0) is 0 Å². The first-order chi connectivity index (χ1) is 7.86. The van der Waals surface area contributed by atoms with Gasteiger partial charge in [0.1, 0.15) is 0 Å². The Balaban J connectivity index is 2.30. The van der Waals surface area contributed by atoms with Crippen molar-refractivity contribution >= 4 is 5.69 Å². The van der Waals surface area contributed by atoms with Gasteiger partial charge >= 0.3 is 0 Å². The highest BCUT2D eigenvalue weighted by Crippen LogP contribution is 2.11. The van der Waals surface area contributed by atoms with E-state index in [-0.39, 0.29) is 0 Å². The van der Waals surface area contributed by atoms with Gasteiger partial charge in [-0.2, -0.15) is 0 Å². The largest absolute Gasteiger partial charge is 0.478 e. The molecule has 0 unspecified atom stereocenters. The van der Waals surface area contributed by atoms with Crippen LogP contribution in [0.2, 0.25) is 0 Å². The molecule has 1 rings (SSSR count). The number of nitrogens with zero attached hydrogens (tertiary/aromatic N) is 1. The monoisotopic (exact) mass is 222 g/mol. The first-order valence-electron chi connectivity index (χ1n) is 6.19. The Morgan fingerprint density at radius 1 is 1.19 bits per heavy atom.